The quantitative estimate of drug-likeness (QED) is 0.474. The van der Waals surface area contributed by atoms with Crippen molar-refractivity contribution in [1.29, 1.82) is 0 Å². The van der Waals surface area contributed by atoms with E-state index in [-0.39, 0.29) is 0 Å². The van der Waals surface area contributed by atoms with Crippen LogP contribution in [0.15, 0.2) is 51.7 Å². The van der Waals surface area contributed by atoms with Crippen LogP contribution in [0.1, 0.15) is 0 Å². The van der Waals surface area contributed by atoms with Crippen LogP contribution in [0.3, 0.4) is 0 Å². The Kier molecular flexibility index (Phi) is 5.05. The average Bonchev–Trinajstić information content (AvgIpc) is 3.21. The molecule has 9 heteroatoms. The van der Waals surface area contributed by atoms with Crippen molar-refractivity contribution >= 4 is 33.1 Å². The van der Waals surface area contributed by atoms with Crippen molar-refractivity contribution in [2.24, 2.45) is 0 Å². The molecule has 0 fully saturated rings. The highest BCUT2D eigenvalue weighted by Gasteiger charge is 2.15. The summed E-state index contributed by atoms with van der Waals surface area (Å²) in [6.07, 6.45) is 0. The van der Waals surface area contributed by atoms with Gasteiger partial charge in [0.05, 0.1) is 32.6 Å². The highest BCUT2D eigenvalue weighted by molar-refractivity contribution is 7.18. The molecular formula is C20H17N3O5S. The predicted molar refractivity (Wildman–Crippen MR) is 111 cm³/mol. The molecule has 0 saturated carbocycles. The number of hydrogen-bond donors (Lipinski definition) is 1. The molecule has 0 radical (unpaired) electrons. The number of ether oxygens (including phenoxy) is 3. The molecule has 148 valence electrons. The van der Waals surface area contributed by atoms with Gasteiger partial charge in [0.1, 0.15) is 22.8 Å². The first-order valence-electron chi connectivity index (χ1n) is 8.56. The van der Waals surface area contributed by atoms with E-state index >= 15 is 0 Å². The van der Waals surface area contributed by atoms with E-state index in [4.69, 9.17) is 18.6 Å². The van der Waals surface area contributed by atoms with Crippen LogP contribution in [0.2, 0.25) is 0 Å². The summed E-state index contributed by atoms with van der Waals surface area (Å²) in [5, 5.41) is 13.1. The summed E-state index contributed by atoms with van der Waals surface area (Å²) in [6.45, 7) is 0. The van der Waals surface area contributed by atoms with Crippen LogP contribution >= 0.6 is 11.3 Å². The standard InChI is InChI=1S/C20H17N3O5S/c1-25-12-5-7-16-11(8-12)9-14(19(24)28-16)18-22-23-20(29-18)21-15-6-4-13(26-2)10-17(15)27-3/h4-10H,1-3H3,(H,21,23). The molecule has 0 aliphatic rings. The summed E-state index contributed by atoms with van der Waals surface area (Å²) in [5.74, 6) is 1.94. The van der Waals surface area contributed by atoms with Gasteiger partial charge in [-0.3, -0.25) is 0 Å². The van der Waals surface area contributed by atoms with Gasteiger partial charge in [0, 0.05) is 11.5 Å². The lowest BCUT2D eigenvalue weighted by molar-refractivity contribution is 0.395. The molecule has 4 rings (SSSR count). The van der Waals surface area contributed by atoms with Crippen LogP contribution < -0.4 is 25.2 Å². The highest BCUT2D eigenvalue weighted by atomic mass is 32.1. The highest BCUT2D eigenvalue weighted by Crippen LogP contribution is 2.34. The maximum atomic E-state index is 12.4. The number of aromatic nitrogens is 2. The smallest absolute Gasteiger partial charge is 0.346 e. The fraction of sp³-hybridized carbons (Fsp3) is 0.150. The average molecular weight is 411 g/mol. The van der Waals surface area contributed by atoms with Crippen molar-refractivity contribution in [3.05, 3.63) is 52.9 Å². The summed E-state index contributed by atoms with van der Waals surface area (Å²) < 4.78 is 21.2. The molecule has 4 aromatic rings. The van der Waals surface area contributed by atoms with Crippen molar-refractivity contribution in [2.45, 2.75) is 0 Å². The van der Waals surface area contributed by atoms with E-state index in [0.717, 1.165) is 5.39 Å². The Morgan fingerprint density at radius 3 is 2.45 bits per heavy atom. The zero-order valence-corrected chi connectivity index (χ0v) is 16.7. The molecule has 1 N–H and O–H groups in total. The minimum atomic E-state index is -0.479. The maximum absolute atomic E-state index is 12.4. The van der Waals surface area contributed by atoms with Crippen molar-refractivity contribution in [3.63, 3.8) is 0 Å². The Morgan fingerprint density at radius 2 is 1.69 bits per heavy atom. The van der Waals surface area contributed by atoms with Gasteiger partial charge in [0.2, 0.25) is 5.13 Å². The Labute approximate surface area is 169 Å². The lowest BCUT2D eigenvalue weighted by Crippen LogP contribution is -2.02. The molecule has 0 bridgehead atoms. The Hall–Kier alpha value is -3.59. The molecule has 2 aromatic carbocycles. The molecule has 2 heterocycles. The third kappa shape index (κ3) is 3.72. The molecule has 0 atom stereocenters. The lowest BCUT2D eigenvalue weighted by atomic mass is 10.2. The van der Waals surface area contributed by atoms with Gasteiger partial charge in [-0.2, -0.15) is 0 Å². The molecule has 0 spiro atoms. The number of nitrogens with one attached hydrogen (secondary N) is 1. The number of rotatable bonds is 6. The van der Waals surface area contributed by atoms with Gasteiger partial charge in [-0.1, -0.05) is 11.3 Å². The summed E-state index contributed by atoms with van der Waals surface area (Å²) in [7, 11) is 4.74. The predicted octanol–water partition coefficient (Wildman–Crippen LogP) is 4.08. The fourth-order valence-corrected chi connectivity index (χ4v) is 3.54. The van der Waals surface area contributed by atoms with Crippen LogP contribution in [-0.4, -0.2) is 31.5 Å². The second-order valence-electron chi connectivity index (χ2n) is 5.95. The molecule has 29 heavy (non-hydrogen) atoms. The molecule has 2 aromatic heterocycles. The van der Waals surface area contributed by atoms with E-state index < -0.39 is 5.63 Å². The number of nitrogens with zero attached hydrogens (tertiary/aromatic N) is 2. The van der Waals surface area contributed by atoms with E-state index in [2.05, 4.69) is 15.5 Å². The minimum Gasteiger partial charge on any atom is -0.497 e. The zero-order valence-electron chi connectivity index (χ0n) is 15.9. The topological polar surface area (TPSA) is 95.7 Å². The number of fused-ring (bicyclic) bond motifs is 1. The molecule has 0 unspecified atom stereocenters. The van der Waals surface area contributed by atoms with E-state index in [1.807, 2.05) is 6.07 Å². The summed E-state index contributed by atoms with van der Waals surface area (Å²) in [5.41, 5.74) is 1.03. The van der Waals surface area contributed by atoms with E-state index in [9.17, 15) is 4.79 Å². The molecule has 0 amide bonds. The number of benzene rings is 2. The van der Waals surface area contributed by atoms with Crippen molar-refractivity contribution in [2.75, 3.05) is 26.6 Å². The van der Waals surface area contributed by atoms with Gasteiger partial charge < -0.3 is 23.9 Å². The van der Waals surface area contributed by atoms with Crippen molar-refractivity contribution in [3.8, 4) is 27.8 Å². The second-order valence-corrected chi connectivity index (χ2v) is 6.93. The largest absolute Gasteiger partial charge is 0.497 e. The van der Waals surface area contributed by atoms with Crippen LogP contribution in [-0.2, 0) is 0 Å². The summed E-state index contributed by atoms with van der Waals surface area (Å²) >= 11 is 1.23. The summed E-state index contributed by atoms with van der Waals surface area (Å²) in [6, 6.07) is 12.3. The normalized spacial score (nSPS) is 10.7. The maximum Gasteiger partial charge on any atom is 0.346 e. The zero-order chi connectivity index (χ0) is 20.4. The lowest BCUT2D eigenvalue weighted by Gasteiger charge is -2.10. The first-order chi connectivity index (χ1) is 14.1. The summed E-state index contributed by atoms with van der Waals surface area (Å²) in [4.78, 5) is 12.4. The Balaban J connectivity index is 1.67. The second kappa shape index (κ2) is 7.80. The van der Waals surface area contributed by atoms with Gasteiger partial charge in [0.15, 0.2) is 5.01 Å². The van der Waals surface area contributed by atoms with E-state index in [1.54, 1.807) is 57.7 Å². The first-order valence-corrected chi connectivity index (χ1v) is 9.37. The van der Waals surface area contributed by atoms with Crippen molar-refractivity contribution < 1.29 is 18.6 Å². The first kappa shape index (κ1) is 18.8. The third-order valence-electron chi connectivity index (χ3n) is 4.25. The monoisotopic (exact) mass is 411 g/mol. The van der Waals surface area contributed by atoms with Gasteiger partial charge in [-0.15, -0.1) is 10.2 Å². The van der Waals surface area contributed by atoms with Crippen LogP contribution in [0, 0.1) is 0 Å². The van der Waals surface area contributed by atoms with Crippen LogP contribution in [0.5, 0.6) is 17.2 Å². The SMILES string of the molecule is COc1ccc(Nc2nnc(-c3cc4cc(OC)ccc4oc3=O)s2)c(OC)c1. The van der Waals surface area contributed by atoms with Crippen LogP contribution in [0.25, 0.3) is 21.5 Å². The third-order valence-corrected chi connectivity index (χ3v) is 5.12. The fourth-order valence-electron chi connectivity index (χ4n) is 2.78. The number of hydrogen-bond acceptors (Lipinski definition) is 9. The van der Waals surface area contributed by atoms with Gasteiger partial charge in [0.25, 0.3) is 0 Å². The Morgan fingerprint density at radius 1 is 0.931 bits per heavy atom. The van der Waals surface area contributed by atoms with Crippen LogP contribution in [0.4, 0.5) is 10.8 Å². The van der Waals surface area contributed by atoms with Crippen molar-refractivity contribution in [1.82, 2.24) is 10.2 Å². The van der Waals surface area contributed by atoms with E-state index in [1.165, 1.54) is 11.3 Å². The molecule has 0 aliphatic carbocycles. The number of anilines is 2. The van der Waals surface area contributed by atoms with Gasteiger partial charge in [-0.25, -0.2) is 4.79 Å². The van der Waals surface area contributed by atoms with Gasteiger partial charge in [-0.05, 0) is 36.4 Å². The molecule has 0 aliphatic heterocycles. The van der Waals surface area contributed by atoms with Gasteiger partial charge >= 0.3 is 5.63 Å². The Bertz CT molecular complexity index is 1230. The molecule has 0 saturated heterocycles. The minimum absolute atomic E-state index is 0.331. The molecule has 8 nitrogen and oxygen atoms in total. The molecular weight excluding hydrogens is 394 g/mol. The number of methoxy groups -OCH3 is 3. The van der Waals surface area contributed by atoms with E-state index in [0.29, 0.717) is 44.2 Å².